The van der Waals surface area contributed by atoms with Gasteiger partial charge in [0.2, 0.25) is 0 Å². The Hall–Kier alpha value is -4.36. The summed E-state index contributed by atoms with van der Waals surface area (Å²) in [6.45, 7) is 13.8. The first-order valence-corrected chi connectivity index (χ1v) is 18.1. The molecule has 2 rings (SSSR count). The van der Waals surface area contributed by atoms with Crippen LogP contribution < -0.4 is 9.47 Å². The molecule has 208 valence electrons. The van der Waals surface area contributed by atoms with Crippen molar-refractivity contribution in [2.24, 2.45) is 0 Å². The lowest BCUT2D eigenvalue weighted by molar-refractivity contribution is -0.422. The first kappa shape index (κ1) is 32.7. The molecule has 0 aliphatic carbocycles. The molecule has 2 aromatic rings. The zero-order valence-corrected chi connectivity index (χ0v) is 24.2. The third kappa shape index (κ3) is 11.3. The molecule has 0 radical (unpaired) electrons. The second kappa shape index (κ2) is 15.2. The molecule has 0 saturated heterocycles. The van der Waals surface area contributed by atoms with Crippen molar-refractivity contribution in [3.8, 4) is 17.6 Å². The first-order valence-electron chi connectivity index (χ1n) is 11.8. The average molecular weight is 573 g/mol. The topological polar surface area (TPSA) is 172 Å². The maximum atomic E-state index is 10.8. The SMILES string of the molecule is C=C[Si](C)(C)COc1ccc([N+](=O)[O-])c([N+](=O)[O-])c1.C=C[Si](C)(CCCC#N)COc1ccc([N+](=O)[O-])cc1. The number of unbranched alkanes of at least 4 members (excludes halogenated alkanes) is 1. The highest BCUT2D eigenvalue weighted by molar-refractivity contribution is 6.83. The standard InChI is InChI=1S/C14H18N2O3Si.C11H14N2O5Si/c1-3-20(2,11-5-4-10-15)12-19-14-8-6-13(7-9-14)16(17)18;1-4-19(2,3)8-18-9-5-6-10(12(14)15)11(7-9)13(16)17/h3,6-9H,1,4-5,11-12H2,2H3;4-7H,1,8H2,2-3H3. The van der Waals surface area contributed by atoms with Gasteiger partial charge in [0.1, 0.15) is 27.6 Å². The molecule has 0 spiro atoms. The summed E-state index contributed by atoms with van der Waals surface area (Å²) in [5.74, 6) is 0.871. The number of nitrogens with zero attached hydrogens (tertiary/aromatic N) is 4. The van der Waals surface area contributed by atoms with Gasteiger partial charge < -0.3 is 9.47 Å². The Morgan fingerprint density at radius 2 is 1.41 bits per heavy atom. The predicted octanol–water partition coefficient (Wildman–Crippen LogP) is 6.47. The Morgan fingerprint density at radius 1 is 0.846 bits per heavy atom. The van der Waals surface area contributed by atoms with E-state index in [2.05, 4.69) is 25.8 Å². The number of hydrogen-bond donors (Lipinski definition) is 0. The van der Waals surface area contributed by atoms with Crippen LogP contribution in [0.3, 0.4) is 0 Å². The van der Waals surface area contributed by atoms with E-state index in [0.717, 1.165) is 24.6 Å². The van der Waals surface area contributed by atoms with E-state index in [1.807, 2.05) is 24.5 Å². The van der Waals surface area contributed by atoms with Crippen LogP contribution >= 0.6 is 0 Å². The molecular weight excluding hydrogens is 540 g/mol. The molecule has 0 fully saturated rings. The van der Waals surface area contributed by atoms with E-state index in [0.29, 0.717) is 24.6 Å². The van der Waals surface area contributed by atoms with Crippen LogP contribution in [0.2, 0.25) is 25.7 Å². The zero-order valence-electron chi connectivity index (χ0n) is 22.2. The van der Waals surface area contributed by atoms with Gasteiger partial charge in [0.15, 0.2) is 0 Å². The van der Waals surface area contributed by atoms with E-state index >= 15 is 0 Å². The normalized spacial score (nSPS) is 11.9. The molecule has 2 aromatic carbocycles. The summed E-state index contributed by atoms with van der Waals surface area (Å²) in [6, 6.07) is 12.7. The Bertz CT molecular complexity index is 1230. The Balaban J connectivity index is 0.000000391. The number of non-ortho nitro benzene ring substituents is 1. The van der Waals surface area contributed by atoms with E-state index in [9.17, 15) is 30.3 Å². The number of benzene rings is 2. The molecule has 0 heterocycles. The molecule has 12 nitrogen and oxygen atoms in total. The van der Waals surface area contributed by atoms with Crippen molar-refractivity contribution >= 4 is 33.2 Å². The van der Waals surface area contributed by atoms with Crippen LogP contribution in [0.15, 0.2) is 67.0 Å². The Morgan fingerprint density at radius 3 is 1.90 bits per heavy atom. The van der Waals surface area contributed by atoms with Crippen LogP contribution in [0.25, 0.3) is 0 Å². The van der Waals surface area contributed by atoms with Crippen molar-refractivity contribution in [2.75, 3.05) is 12.5 Å². The maximum absolute atomic E-state index is 10.8. The number of nitro groups is 3. The van der Waals surface area contributed by atoms with Crippen LogP contribution in [0.5, 0.6) is 11.5 Å². The minimum atomic E-state index is -1.72. The molecule has 0 aromatic heterocycles. The molecule has 0 saturated carbocycles. The highest BCUT2D eigenvalue weighted by Crippen LogP contribution is 2.31. The fourth-order valence-corrected chi connectivity index (χ4v) is 5.54. The monoisotopic (exact) mass is 572 g/mol. The van der Waals surface area contributed by atoms with Crippen molar-refractivity contribution in [3.63, 3.8) is 0 Å². The second-order valence-electron chi connectivity index (χ2n) is 9.56. The number of rotatable bonds is 14. The van der Waals surface area contributed by atoms with Crippen molar-refractivity contribution in [1.82, 2.24) is 0 Å². The summed E-state index contributed by atoms with van der Waals surface area (Å²) < 4.78 is 11.2. The molecule has 0 aliphatic heterocycles. The largest absolute Gasteiger partial charge is 0.497 e. The second-order valence-corrected chi connectivity index (χ2v) is 18.7. The summed E-state index contributed by atoms with van der Waals surface area (Å²) in [7, 11) is -3.42. The molecule has 1 unspecified atom stereocenters. The van der Waals surface area contributed by atoms with Gasteiger partial charge in [0.05, 0.1) is 39.4 Å². The minimum Gasteiger partial charge on any atom is -0.497 e. The van der Waals surface area contributed by atoms with Gasteiger partial charge in [0.25, 0.3) is 5.69 Å². The van der Waals surface area contributed by atoms with Crippen LogP contribution in [0.1, 0.15) is 12.8 Å². The number of nitro benzene ring substituents is 3. The smallest absolute Gasteiger partial charge is 0.349 e. The third-order valence-corrected chi connectivity index (χ3v) is 10.9. The quantitative estimate of drug-likeness (QED) is 0.106. The lowest BCUT2D eigenvalue weighted by atomic mass is 10.2. The zero-order chi connectivity index (χ0) is 29.6. The highest BCUT2D eigenvalue weighted by atomic mass is 28.3. The van der Waals surface area contributed by atoms with Crippen LogP contribution in [0.4, 0.5) is 17.1 Å². The fraction of sp³-hybridized carbons (Fsp3) is 0.320. The molecular formula is C25H32N4O8Si2. The van der Waals surface area contributed by atoms with Gasteiger partial charge in [-0.15, -0.1) is 13.2 Å². The lowest BCUT2D eigenvalue weighted by Crippen LogP contribution is -2.36. The molecule has 0 aliphatic rings. The first-order chi connectivity index (χ1) is 18.3. The third-order valence-electron chi connectivity index (χ3n) is 5.65. The number of nitriles is 1. The molecule has 0 bridgehead atoms. The number of ether oxygens (including phenoxy) is 2. The van der Waals surface area contributed by atoms with Crippen LogP contribution in [-0.4, -0.2) is 43.4 Å². The summed E-state index contributed by atoms with van der Waals surface area (Å²) in [5, 5.41) is 40.6. The molecule has 0 N–H and O–H groups in total. The highest BCUT2D eigenvalue weighted by Gasteiger charge is 2.26. The van der Waals surface area contributed by atoms with Gasteiger partial charge in [-0.25, -0.2) is 0 Å². The van der Waals surface area contributed by atoms with Gasteiger partial charge in [0, 0.05) is 24.6 Å². The average Bonchev–Trinajstić information content (AvgIpc) is 2.91. The summed E-state index contributed by atoms with van der Waals surface area (Å²) in [5.41, 5.74) is 2.75. The van der Waals surface area contributed by atoms with Gasteiger partial charge >= 0.3 is 11.4 Å². The summed E-state index contributed by atoms with van der Waals surface area (Å²) in [4.78, 5) is 30.0. The van der Waals surface area contributed by atoms with E-state index < -0.39 is 42.3 Å². The Labute approximate surface area is 228 Å². The van der Waals surface area contributed by atoms with E-state index in [-0.39, 0.29) is 11.4 Å². The van der Waals surface area contributed by atoms with Gasteiger partial charge in [-0.05, 0) is 24.6 Å². The van der Waals surface area contributed by atoms with Gasteiger partial charge in [-0.1, -0.05) is 37.1 Å². The van der Waals surface area contributed by atoms with Crippen molar-refractivity contribution in [3.05, 3.63) is 97.4 Å². The van der Waals surface area contributed by atoms with Crippen molar-refractivity contribution < 1.29 is 24.2 Å². The number of hydrogen-bond acceptors (Lipinski definition) is 9. The lowest BCUT2D eigenvalue weighted by Gasteiger charge is -2.23. The molecule has 14 heteroatoms. The predicted molar refractivity (Wildman–Crippen MR) is 153 cm³/mol. The maximum Gasteiger partial charge on any atom is 0.349 e. The molecule has 39 heavy (non-hydrogen) atoms. The van der Waals surface area contributed by atoms with E-state index in [1.54, 1.807) is 12.1 Å². The van der Waals surface area contributed by atoms with Crippen molar-refractivity contribution in [1.29, 1.82) is 5.26 Å². The minimum absolute atomic E-state index is 0.0510. The molecule has 0 amide bonds. The Kier molecular flexibility index (Phi) is 12.7. The van der Waals surface area contributed by atoms with Gasteiger partial charge in [-0.2, -0.15) is 5.26 Å². The van der Waals surface area contributed by atoms with E-state index in [4.69, 9.17) is 14.7 Å². The molecule has 1 atom stereocenters. The summed E-state index contributed by atoms with van der Waals surface area (Å²) in [6.07, 6.45) is 2.38. The van der Waals surface area contributed by atoms with Crippen molar-refractivity contribution in [2.45, 2.75) is 38.5 Å². The van der Waals surface area contributed by atoms with Gasteiger partial charge in [-0.3, -0.25) is 30.3 Å². The summed E-state index contributed by atoms with van der Waals surface area (Å²) >= 11 is 0. The fourth-order valence-electron chi connectivity index (χ4n) is 2.94. The van der Waals surface area contributed by atoms with Crippen LogP contribution in [0, 0.1) is 41.7 Å². The van der Waals surface area contributed by atoms with E-state index in [1.165, 1.54) is 18.2 Å². The van der Waals surface area contributed by atoms with Crippen LogP contribution in [-0.2, 0) is 0 Å².